The Balaban J connectivity index is 1.49. The smallest absolute Gasteiger partial charge is 0.233 e. The highest BCUT2D eigenvalue weighted by Gasteiger charge is 2.53. The fourth-order valence-electron chi connectivity index (χ4n) is 3.61. The molecule has 3 fully saturated rings. The van der Waals surface area contributed by atoms with Crippen molar-refractivity contribution in [3.8, 4) is 0 Å². The number of carbonyl (C=O) groups excluding carboxylic acids is 1. The Kier molecular flexibility index (Phi) is 3.27. The van der Waals surface area contributed by atoms with Gasteiger partial charge in [0.2, 0.25) is 5.91 Å². The maximum absolute atomic E-state index is 12.9. The van der Waals surface area contributed by atoms with Crippen LogP contribution in [0.25, 0.3) is 0 Å². The molecule has 4 heteroatoms. The normalized spacial score (nSPS) is 24.9. The maximum atomic E-state index is 12.9. The van der Waals surface area contributed by atoms with E-state index >= 15 is 0 Å². The van der Waals surface area contributed by atoms with Gasteiger partial charge in [0.25, 0.3) is 0 Å². The SMILES string of the molecule is NC1(Cc2ccc(C3(C(=O)N4CCNCC4)CC3)cc2)CC1. The van der Waals surface area contributed by atoms with Crippen molar-refractivity contribution in [2.24, 2.45) is 5.73 Å². The fourth-order valence-corrected chi connectivity index (χ4v) is 3.61. The molecule has 2 saturated carbocycles. The van der Waals surface area contributed by atoms with Crippen molar-refractivity contribution < 1.29 is 4.79 Å². The van der Waals surface area contributed by atoms with Crippen molar-refractivity contribution in [3.63, 3.8) is 0 Å². The van der Waals surface area contributed by atoms with Crippen LogP contribution in [0.1, 0.15) is 36.8 Å². The molecule has 3 N–H and O–H groups in total. The third-order valence-corrected chi connectivity index (χ3v) is 5.52. The van der Waals surface area contributed by atoms with Gasteiger partial charge in [-0.15, -0.1) is 0 Å². The van der Waals surface area contributed by atoms with E-state index in [0.717, 1.165) is 58.3 Å². The van der Waals surface area contributed by atoms with Crippen LogP contribution in [0.4, 0.5) is 0 Å². The van der Waals surface area contributed by atoms with Crippen molar-refractivity contribution in [1.29, 1.82) is 0 Å². The standard InChI is InChI=1S/C18H25N3O/c19-17(5-6-17)13-14-1-3-15(4-2-14)18(7-8-18)16(22)21-11-9-20-10-12-21/h1-4,20H,5-13,19H2. The molecular weight excluding hydrogens is 274 g/mol. The summed E-state index contributed by atoms with van der Waals surface area (Å²) in [5.74, 6) is 0.333. The number of nitrogens with two attached hydrogens (primary N) is 1. The van der Waals surface area contributed by atoms with E-state index in [2.05, 4.69) is 29.6 Å². The summed E-state index contributed by atoms with van der Waals surface area (Å²) in [5, 5.41) is 3.31. The van der Waals surface area contributed by atoms with Crippen LogP contribution in [0.3, 0.4) is 0 Å². The lowest BCUT2D eigenvalue weighted by Gasteiger charge is -2.31. The van der Waals surface area contributed by atoms with Crippen LogP contribution >= 0.6 is 0 Å². The third-order valence-electron chi connectivity index (χ3n) is 5.52. The number of nitrogens with one attached hydrogen (secondary N) is 1. The van der Waals surface area contributed by atoms with Crippen LogP contribution in [-0.4, -0.2) is 42.5 Å². The van der Waals surface area contributed by atoms with E-state index in [1.165, 1.54) is 11.1 Å². The summed E-state index contributed by atoms with van der Waals surface area (Å²) in [6, 6.07) is 8.67. The summed E-state index contributed by atoms with van der Waals surface area (Å²) in [6.45, 7) is 3.52. The molecule has 118 valence electrons. The molecule has 1 aromatic rings. The van der Waals surface area contributed by atoms with Gasteiger partial charge in [-0.1, -0.05) is 24.3 Å². The molecule has 1 aromatic carbocycles. The summed E-state index contributed by atoms with van der Waals surface area (Å²) in [5.41, 5.74) is 8.51. The van der Waals surface area contributed by atoms with Gasteiger partial charge in [0, 0.05) is 31.7 Å². The molecule has 1 amide bonds. The van der Waals surface area contributed by atoms with E-state index in [1.807, 2.05) is 4.90 Å². The highest BCUT2D eigenvalue weighted by atomic mass is 16.2. The molecule has 1 saturated heterocycles. The van der Waals surface area contributed by atoms with Gasteiger partial charge < -0.3 is 16.0 Å². The number of nitrogens with zero attached hydrogens (tertiary/aromatic N) is 1. The lowest BCUT2D eigenvalue weighted by molar-refractivity contribution is -0.134. The lowest BCUT2D eigenvalue weighted by Crippen LogP contribution is -2.49. The highest BCUT2D eigenvalue weighted by Crippen LogP contribution is 2.49. The summed E-state index contributed by atoms with van der Waals surface area (Å²) < 4.78 is 0. The van der Waals surface area contributed by atoms with Crippen LogP contribution < -0.4 is 11.1 Å². The second-order valence-electron chi connectivity index (χ2n) is 7.36. The largest absolute Gasteiger partial charge is 0.339 e. The van der Waals surface area contributed by atoms with Gasteiger partial charge in [0.15, 0.2) is 0 Å². The Labute approximate surface area is 132 Å². The number of piperazine rings is 1. The molecule has 3 aliphatic rings. The number of hydrogen-bond acceptors (Lipinski definition) is 3. The molecule has 0 radical (unpaired) electrons. The molecule has 4 nitrogen and oxygen atoms in total. The third kappa shape index (κ3) is 2.55. The van der Waals surface area contributed by atoms with Gasteiger partial charge in [-0.05, 0) is 43.2 Å². The molecule has 0 aromatic heterocycles. The van der Waals surface area contributed by atoms with Crippen LogP contribution in [0.5, 0.6) is 0 Å². The maximum Gasteiger partial charge on any atom is 0.233 e. The van der Waals surface area contributed by atoms with E-state index < -0.39 is 0 Å². The number of benzene rings is 1. The van der Waals surface area contributed by atoms with E-state index in [-0.39, 0.29) is 11.0 Å². The Morgan fingerprint density at radius 1 is 1.09 bits per heavy atom. The van der Waals surface area contributed by atoms with Crippen molar-refractivity contribution in [1.82, 2.24) is 10.2 Å². The number of amides is 1. The first-order valence-electron chi connectivity index (χ1n) is 8.50. The quantitative estimate of drug-likeness (QED) is 0.878. The van der Waals surface area contributed by atoms with Crippen molar-refractivity contribution in [2.45, 2.75) is 43.1 Å². The summed E-state index contributed by atoms with van der Waals surface area (Å²) >= 11 is 0. The zero-order valence-electron chi connectivity index (χ0n) is 13.1. The molecule has 1 heterocycles. The minimum atomic E-state index is -0.226. The van der Waals surface area contributed by atoms with Gasteiger partial charge in [-0.25, -0.2) is 0 Å². The molecule has 0 spiro atoms. The minimum absolute atomic E-state index is 0.0510. The fraction of sp³-hybridized carbons (Fsp3) is 0.611. The second-order valence-corrected chi connectivity index (χ2v) is 7.36. The predicted octanol–water partition coefficient (Wildman–Crippen LogP) is 1.18. The van der Waals surface area contributed by atoms with Gasteiger partial charge >= 0.3 is 0 Å². The highest BCUT2D eigenvalue weighted by molar-refractivity contribution is 5.91. The van der Waals surface area contributed by atoms with Crippen LogP contribution in [-0.2, 0) is 16.6 Å². The van der Waals surface area contributed by atoms with Crippen molar-refractivity contribution in [3.05, 3.63) is 35.4 Å². The van der Waals surface area contributed by atoms with E-state index in [9.17, 15) is 4.79 Å². The van der Waals surface area contributed by atoms with Gasteiger partial charge in [-0.2, -0.15) is 0 Å². The number of hydrogen-bond donors (Lipinski definition) is 2. The van der Waals surface area contributed by atoms with Gasteiger partial charge in [-0.3, -0.25) is 4.79 Å². The molecule has 0 unspecified atom stereocenters. The van der Waals surface area contributed by atoms with Crippen LogP contribution in [0.2, 0.25) is 0 Å². The van der Waals surface area contributed by atoms with Crippen LogP contribution in [0.15, 0.2) is 24.3 Å². The molecule has 2 aliphatic carbocycles. The van der Waals surface area contributed by atoms with Crippen molar-refractivity contribution >= 4 is 5.91 Å². The lowest BCUT2D eigenvalue weighted by atomic mass is 9.92. The van der Waals surface area contributed by atoms with E-state index in [4.69, 9.17) is 5.73 Å². The molecular formula is C18H25N3O. The first-order chi connectivity index (χ1) is 10.6. The Bertz CT molecular complexity index is 566. The number of rotatable bonds is 4. The van der Waals surface area contributed by atoms with Gasteiger partial charge in [0.1, 0.15) is 0 Å². The minimum Gasteiger partial charge on any atom is -0.339 e. The zero-order chi connectivity index (χ0) is 15.2. The molecule has 0 atom stereocenters. The topological polar surface area (TPSA) is 58.4 Å². The molecule has 1 aliphatic heterocycles. The summed E-state index contributed by atoms with van der Waals surface area (Å²) in [6.07, 6.45) is 5.23. The first-order valence-corrected chi connectivity index (χ1v) is 8.50. The van der Waals surface area contributed by atoms with E-state index in [0.29, 0.717) is 5.91 Å². The summed E-state index contributed by atoms with van der Waals surface area (Å²) in [7, 11) is 0. The second kappa shape index (κ2) is 5.07. The first kappa shape index (κ1) is 14.2. The average molecular weight is 299 g/mol. The molecule has 4 rings (SSSR count). The van der Waals surface area contributed by atoms with Crippen LogP contribution in [0, 0.1) is 0 Å². The Hall–Kier alpha value is -1.39. The van der Waals surface area contributed by atoms with Gasteiger partial charge in [0.05, 0.1) is 5.41 Å². The number of carbonyl (C=O) groups is 1. The molecule has 0 bridgehead atoms. The summed E-state index contributed by atoms with van der Waals surface area (Å²) in [4.78, 5) is 14.9. The predicted molar refractivity (Wildman–Crippen MR) is 86.7 cm³/mol. The average Bonchev–Trinajstić information content (AvgIpc) is 3.46. The van der Waals surface area contributed by atoms with Crippen molar-refractivity contribution in [2.75, 3.05) is 26.2 Å². The Morgan fingerprint density at radius 2 is 1.73 bits per heavy atom. The zero-order valence-corrected chi connectivity index (χ0v) is 13.1. The Morgan fingerprint density at radius 3 is 2.27 bits per heavy atom. The molecule has 22 heavy (non-hydrogen) atoms. The van der Waals surface area contributed by atoms with E-state index in [1.54, 1.807) is 0 Å². The monoisotopic (exact) mass is 299 g/mol.